The summed E-state index contributed by atoms with van der Waals surface area (Å²) in [6.45, 7) is 1.64. The minimum Gasteiger partial charge on any atom is -0.395 e. The molecule has 0 radical (unpaired) electrons. The van der Waals surface area contributed by atoms with Gasteiger partial charge in [-0.05, 0) is 43.2 Å². The summed E-state index contributed by atoms with van der Waals surface area (Å²) in [6.07, 6.45) is 6.79. The van der Waals surface area contributed by atoms with Gasteiger partial charge in [-0.1, -0.05) is 29.4 Å². The quantitative estimate of drug-likeness (QED) is 0.922. The summed E-state index contributed by atoms with van der Waals surface area (Å²) in [4.78, 5) is 2.37. The van der Waals surface area contributed by atoms with Gasteiger partial charge in [-0.25, -0.2) is 0 Å². The lowest BCUT2D eigenvalue weighted by Gasteiger charge is -2.28. The highest BCUT2D eigenvalue weighted by atomic mass is 16.5. The molecule has 1 aromatic heterocycles. The van der Waals surface area contributed by atoms with Gasteiger partial charge in [0, 0.05) is 31.1 Å². The van der Waals surface area contributed by atoms with E-state index in [-0.39, 0.29) is 6.61 Å². The van der Waals surface area contributed by atoms with Crippen LogP contribution in [0.2, 0.25) is 0 Å². The Morgan fingerprint density at radius 3 is 2.96 bits per heavy atom. The van der Waals surface area contributed by atoms with Gasteiger partial charge in [0.2, 0.25) is 0 Å². The Hall–Kier alpha value is -1.65. The second-order valence-electron chi connectivity index (χ2n) is 6.69. The van der Waals surface area contributed by atoms with E-state index in [9.17, 15) is 5.11 Å². The van der Waals surface area contributed by atoms with Crippen molar-refractivity contribution in [2.24, 2.45) is 0 Å². The zero-order valence-corrected chi connectivity index (χ0v) is 13.5. The number of fused-ring (bicyclic) bond motifs is 2. The van der Waals surface area contributed by atoms with Crippen LogP contribution in [-0.2, 0) is 25.8 Å². The third-order valence-electron chi connectivity index (χ3n) is 5.31. The van der Waals surface area contributed by atoms with E-state index in [4.69, 9.17) is 4.52 Å². The van der Waals surface area contributed by atoms with Crippen molar-refractivity contribution in [3.63, 3.8) is 0 Å². The minimum absolute atomic E-state index is 0.179. The van der Waals surface area contributed by atoms with E-state index in [0.29, 0.717) is 12.6 Å². The van der Waals surface area contributed by atoms with Crippen LogP contribution in [0.3, 0.4) is 0 Å². The number of hydrogen-bond acceptors (Lipinski definition) is 4. The van der Waals surface area contributed by atoms with Crippen molar-refractivity contribution in [2.75, 3.05) is 13.2 Å². The third kappa shape index (κ3) is 2.81. The molecule has 4 rings (SSSR count). The molecule has 2 aliphatic carbocycles. The van der Waals surface area contributed by atoms with E-state index in [1.807, 2.05) is 0 Å². The number of aliphatic hydroxyl groups excluding tert-OH is 1. The first-order valence-electron chi connectivity index (χ1n) is 8.76. The fourth-order valence-corrected chi connectivity index (χ4v) is 4.15. The maximum absolute atomic E-state index is 9.53. The molecule has 0 fully saturated rings. The molecular formula is C19H24N2O2. The molecular weight excluding hydrogens is 288 g/mol. The largest absolute Gasteiger partial charge is 0.395 e. The van der Waals surface area contributed by atoms with Gasteiger partial charge in [-0.2, -0.15) is 0 Å². The van der Waals surface area contributed by atoms with Crippen molar-refractivity contribution in [3.8, 4) is 0 Å². The number of benzene rings is 1. The predicted octanol–water partition coefficient (Wildman–Crippen LogP) is 3.04. The first-order valence-corrected chi connectivity index (χ1v) is 8.76. The Labute approximate surface area is 137 Å². The first-order chi connectivity index (χ1) is 11.4. The van der Waals surface area contributed by atoms with Crippen LogP contribution < -0.4 is 0 Å². The van der Waals surface area contributed by atoms with E-state index in [2.05, 4.69) is 34.3 Å². The van der Waals surface area contributed by atoms with Gasteiger partial charge in [0.05, 0.1) is 6.61 Å². The fraction of sp³-hybridized carbons (Fsp3) is 0.526. The molecule has 4 nitrogen and oxygen atoms in total. The number of aromatic nitrogens is 1. The van der Waals surface area contributed by atoms with Crippen molar-refractivity contribution in [3.05, 3.63) is 52.4 Å². The lowest BCUT2D eigenvalue weighted by molar-refractivity contribution is 0.139. The SMILES string of the molecule is OCCN(Cc1noc2c1CCCC2)C1CCc2ccccc21. The zero-order valence-electron chi connectivity index (χ0n) is 13.5. The van der Waals surface area contributed by atoms with E-state index in [1.165, 1.54) is 29.5 Å². The number of aliphatic hydroxyl groups is 1. The molecule has 122 valence electrons. The van der Waals surface area contributed by atoms with Crippen LogP contribution in [0.1, 0.15) is 53.4 Å². The van der Waals surface area contributed by atoms with Crippen molar-refractivity contribution >= 4 is 0 Å². The first kappa shape index (κ1) is 14.9. The van der Waals surface area contributed by atoms with Gasteiger partial charge in [0.1, 0.15) is 11.5 Å². The second-order valence-corrected chi connectivity index (χ2v) is 6.69. The molecule has 0 saturated heterocycles. The van der Waals surface area contributed by atoms with Gasteiger partial charge in [-0.15, -0.1) is 0 Å². The Bertz CT molecular complexity index is 680. The Balaban J connectivity index is 1.58. The van der Waals surface area contributed by atoms with Crippen LogP contribution in [-0.4, -0.2) is 28.3 Å². The summed E-state index contributed by atoms with van der Waals surface area (Å²) in [6, 6.07) is 9.08. The van der Waals surface area contributed by atoms with Crippen molar-refractivity contribution in [1.82, 2.24) is 10.1 Å². The average molecular weight is 312 g/mol. The standard InChI is InChI=1S/C19H24N2O2/c22-12-11-21(18-10-9-14-5-1-2-6-15(14)18)13-17-16-7-3-4-8-19(16)23-20-17/h1-2,5-6,18,22H,3-4,7-13H2. The van der Waals surface area contributed by atoms with Crippen LogP contribution in [0.25, 0.3) is 0 Å². The molecule has 2 aromatic rings. The van der Waals surface area contributed by atoms with Crippen LogP contribution >= 0.6 is 0 Å². The van der Waals surface area contributed by atoms with Crippen molar-refractivity contribution < 1.29 is 9.63 Å². The maximum Gasteiger partial charge on any atom is 0.140 e. The molecule has 23 heavy (non-hydrogen) atoms. The summed E-state index contributed by atoms with van der Waals surface area (Å²) in [5, 5.41) is 13.9. The van der Waals surface area contributed by atoms with Gasteiger partial charge < -0.3 is 9.63 Å². The minimum atomic E-state index is 0.179. The molecule has 0 amide bonds. The molecule has 2 aliphatic rings. The van der Waals surface area contributed by atoms with Crippen molar-refractivity contribution in [2.45, 2.75) is 51.1 Å². The van der Waals surface area contributed by atoms with Crippen LogP contribution in [0, 0.1) is 0 Å². The van der Waals surface area contributed by atoms with Crippen LogP contribution in [0.5, 0.6) is 0 Å². The normalized spacial score (nSPS) is 19.8. The zero-order chi connectivity index (χ0) is 15.6. The number of rotatable bonds is 5. The van der Waals surface area contributed by atoms with Gasteiger partial charge in [0.15, 0.2) is 0 Å². The molecule has 1 heterocycles. The summed E-state index contributed by atoms with van der Waals surface area (Å²) in [5.41, 5.74) is 5.27. The van der Waals surface area contributed by atoms with Gasteiger partial charge in [-0.3, -0.25) is 4.90 Å². The smallest absolute Gasteiger partial charge is 0.140 e. The monoisotopic (exact) mass is 312 g/mol. The number of nitrogens with zero attached hydrogens (tertiary/aromatic N) is 2. The maximum atomic E-state index is 9.53. The molecule has 1 aromatic carbocycles. The highest BCUT2D eigenvalue weighted by molar-refractivity contribution is 5.35. The summed E-state index contributed by atoms with van der Waals surface area (Å²) in [7, 11) is 0. The molecule has 0 bridgehead atoms. The number of aryl methyl sites for hydroxylation is 2. The summed E-state index contributed by atoms with van der Waals surface area (Å²) >= 11 is 0. The van der Waals surface area contributed by atoms with E-state index < -0.39 is 0 Å². The van der Waals surface area contributed by atoms with Crippen LogP contribution in [0.15, 0.2) is 28.8 Å². The lowest BCUT2D eigenvalue weighted by Crippen LogP contribution is -2.30. The van der Waals surface area contributed by atoms with E-state index in [1.54, 1.807) is 0 Å². The van der Waals surface area contributed by atoms with E-state index in [0.717, 1.165) is 43.7 Å². The Morgan fingerprint density at radius 1 is 1.17 bits per heavy atom. The highest BCUT2D eigenvalue weighted by Gasteiger charge is 2.29. The molecule has 4 heteroatoms. The molecule has 0 spiro atoms. The summed E-state index contributed by atoms with van der Waals surface area (Å²) < 4.78 is 5.56. The van der Waals surface area contributed by atoms with Crippen LogP contribution in [0.4, 0.5) is 0 Å². The molecule has 1 unspecified atom stereocenters. The molecule has 1 atom stereocenters. The highest BCUT2D eigenvalue weighted by Crippen LogP contribution is 2.37. The molecule has 1 N–H and O–H groups in total. The molecule has 0 aliphatic heterocycles. The van der Waals surface area contributed by atoms with Crippen molar-refractivity contribution in [1.29, 1.82) is 0 Å². The lowest BCUT2D eigenvalue weighted by atomic mass is 9.96. The van der Waals surface area contributed by atoms with Gasteiger partial charge >= 0.3 is 0 Å². The van der Waals surface area contributed by atoms with Gasteiger partial charge in [0.25, 0.3) is 0 Å². The third-order valence-corrected chi connectivity index (χ3v) is 5.31. The number of hydrogen-bond donors (Lipinski definition) is 1. The molecule has 0 saturated carbocycles. The average Bonchev–Trinajstić information content (AvgIpc) is 3.19. The predicted molar refractivity (Wildman–Crippen MR) is 88.1 cm³/mol. The topological polar surface area (TPSA) is 49.5 Å². The van der Waals surface area contributed by atoms with E-state index >= 15 is 0 Å². The second kappa shape index (κ2) is 6.46. The Morgan fingerprint density at radius 2 is 2.04 bits per heavy atom. The Kier molecular flexibility index (Phi) is 4.19. The summed E-state index contributed by atoms with van der Waals surface area (Å²) in [5.74, 6) is 1.09. The fourth-order valence-electron chi connectivity index (χ4n) is 4.15.